The van der Waals surface area contributed by atoms with Gasteiger partial charge in [0.25, 0.3) is 0 Å². The Morgan fingerprint density at radius 1 is 1.35 bits per heavy atom. The third-order valence-electron chi connectivity index (χ3n) is 2.37. The zero-order valence-electron chi connectivity index (χ0n) is 10.7. The molecule has 3 heteroatoms. The first-order valence-electron chi connectivity index (χ1n) is 5.42. The molecule has 0 aliphatic heterocycles. The molecule has 0 amide bonds. The molecule has 0 aliphatic carbocycles. The minimum Gasteiger partial charge on any atom is -0.493 e. The minimum atomic E-state index is -0.491. The first-order chi connectivity index (χ1) is 7.90. The van der Waals surface area contributed by atoms with Crippen LogP contribution in [0.15, 0.2) is 30.9 Å². The van der Waals surface area contributed by atoms with E-state index in [1.807, 2.05) is 12.1 Å². The summed E-state index contributed by atoms with van der Waals surface area (Å²) in [6.07, 6.45) is 1.13. The van der Waals surface area contributed by atoms with Crippen LogP contribution in [0, 0.1) is 0 Å². The highest BCUT2D eigenvalue weighted by Crippen LogP contribution is 2.38. The molecule has 0 spiro atoms. The standard InChI is InChI=1S/C14H18O3/c1-6-12(15)17-11-9-7-8-10(13(11)16-5)14(2,3)4/h6-9H,1H2,2-5H3. The molecular weight excluding hydrogens is 216 g/mol. The molecule has 1 aromatic rings. The SMILES string of the molecule is C=CC(=O)Oc1cccc(C(C)(C)C)c1OC. The summed E-state index contributed by atoms with van der Waals surface area (Å²) in [5, 5.41) is 0. The summed E-state index contributed by atoms with van der Waals surface area (Å²) in [4.78, 5) is 11.2. The average molecular weight is 234 g/mol. The van der Waals surface area contributed by atoms with Gasteiger partial charge in [0.1, 0.15) is 0 Å². The van der Waals surface area contributed by atoms with Crippen LogP contribution < -0.4 is 9.47 Å². The Morgan fingerprint density at radius 3 is 2.47 bits per heavy atom. The molecule has 0 saturated heterocycles. The molecule has 17 heavy (non-hydrogen) atoms. The fourth-order valence-corrected chi connectivity index (χ4v) is 1.55. The number of ether oxygens (including phenoxy) is 2. The molecule has 0 atom stereocenters. The summed E-state index contributed by atoms with van der Waals surface area (Å²) in [5.41, 5.74) is 0.913. The van der Waals surface area contributed by atoms with Crippen LogP contribution in [-0.4, -0.2) is 13.1 Å². The first kappa shape index (κ1) is 13.3. The number of hydrogen-bond donors (Lipinski definition) is 0. The Morgan fingerprint density at radius 2 is 2.00 bits per heavy atom. The number of benzene rings is 1. The van der Waals surface area contributed by atoms with E-state index in [0.29, 0.717) is 11.5 Å². The maximum absolute atomic E-state index is 11.2. The van der Waals surface area contributed by atoms with E-state index in [1.165, 1.54) is 0 Å². The van der Waals surface area contributed by atoms with E-state index in [0.717, 1.165) is 11.6 Å². The Kier molecular flexibility index (Phi) is 3.94. The molecule has 0 bridgehead atoms. The molecule has 0 radical (unpaired) electrons. The van der Waals surface area contributed by atoms with Crippen molar-refractivity contribution in [2.24, 2.45) is 0 Å². The Balaban J connectivity index is 3.23. The number of hydrogen-bond acceptors (Lipinski definition) is 3. The molecule has 0 aliphatic rings. The van der Waals surface area contributed by atoms with Gasteiger partial charge in [0.15, 0.2) is 11.5 Å². The molecule has 1 aromatic carbocycles. The van der Waals surface area contributed by atoms with Crippen LogP contribution in [0.3, 0.4) is 0 Å². The van der Waals surface area contributed by atoms with Crippen molar-refractivity contribution < 1.29 is 14.3 Å². The highest BCUT2D eigenvalue weighted by atomic mass is 16.6. The van der Waals surface area contributed by atoms with Crippen LogP contribution in [-0.2, 0) is 10.2 Å². The number of esters is 1. The lowest BCUT2D eigenvalue weighted by molar-refractivity contribution is -0.129. The van der Waals surface area contributed by atoms with E-state index in [-0.39, 0.29) is 5.41 Å². The number of carbonyl (C=O) groups excluding carboxylic acids is 1. The largest absolute Gasteiger partial charge is 0.493 e. The van der Waals surface area contributed by atoms with Gasteiger partial charge in [-0.1, -0.05) is 39.5 Å². The Labute approximate surface area is 102 Å². The van der Waals surface area contributed by atoms with Gasteiger partial charge < -0.3 is 9.47 Å². The van der Waals surface area contributed by atoms with Gasteiger partial charge in [0, 0.05) is 11.6 Å². The third-order valence-corrected chi connectivity index (χ3v) is 2.37. The second kappa shape index (κ2) is 5.04. The lowest BCUT2D eigenvalue weighted by Gasteiger charge is -2.23. The van der Waals surface area contributed by atoms with Crippen molar-refractivity contribution in [2.75, 3.05) is 7.11 Å². The predicted octanol–water partition coefficient (Wildman–Crippen LogP) is 3.08. The van der Waals surface area contributed by atoms with Crippen LogP contribution in [0.1, 0.15) is 26.3 Å². The van der Waals surface area contributed by atoms with Gasteiger partial charge in [-0.25, -0.2) is 4.79 Å². The Bertz CT molecular complexity index is 428. The van der Waals surface area contributed by atoms with Crippen LogP contribution >= 0.6 is 0 Å². The monoisotopic (exact) mass is 234 g/mol. The van der Waals surface area contributed by atoms with Crippen molar-refractivity contribution in [1.82, 2.24) is 0 Å². The highest BCUT2D eigenvalue weighted by Gasteiger charge is 2.22. The molecule has 0 unspecified atom stereocenters. The van der Waals surface area contributed by atoms with Crippen LogP contribution in [0.4, 0.5) is 0 Å². The van der Waals surface area contributed by atoms with Gasteiger partial charge in [-0.05, 0) is 11.5 Å². The second-order valence-corrected chi connectivity index (χ2v) is 4.71. The van der Waals surface area contributed by atoms with E-state index >= 15 is 0 Å². The number of para-hydroxylation sites is 1. The maximum Gasteiger partial charge on any atom is 0.335 e. The summed E-state index contributed by atoms with van der Waals surface area (Å²) in [7, 11) is 1.57. The fourth-order valence-electron chi connectivity index (χ4n) is 1.55. The molecule has 0 aromatic heterocycles. The maximum atomic E-state index is 11.2. The van der Waals surface area contributed by atoms with Gasteiger partial charge in [-0.15, -0.1) is 0 Å². The van der Waals surface area contributed by atoms with Gasteiger partial charge >= 0.3 is 5.97 Å². The summed E-state index contributed by atoms with van der Waals surface area (Å²) in [6.45, 7) is 9.59. The fraction of sp³-hybridized carbons (Fsp3) is 0.357. The normalized spacial score (nSPS) is 10.8. The number of carbonyl (C=O) groups is 1. The van der Waals surface area contributed by atoms with Crippen molar-refractivity contribution in [3.8, 4) is 11.5 Å². The van der Waals surface area contributed by atoms with E-state index in [2.05, 4.69) is 27.4 Å². The van der Waals surface area contributed by atoms with Gasteiger partial charge in [-0.3, -0.25) is 0 Å². The van der Waals surface area contributed by atoms with E-state index < -0.39 is 5.97 Å². The third kappa shape index (κ3) is 3.09. The zero-order chi connectivity index (χ0) is 13.1. The first-order valence-corrected chi connectivity index (χ1v) is 5.42. The molecule has 0 N–H and O–H groups in total. The Hall–Kier alpha value is -1.77. The van der Waals surface area contributed by atoms with Crippen molar-refractivity contribution in [1.29, 1.82) is 0 Å². The lowest BCUT2D eigenvalue weighted by atomic mass is 9.86. The van der Waals surface area contributed by atoms with Gasteiger partial charge in [0.2, 0.25) is 0 Å². The van der Waals surface area contributed by atoms with Crippen LogP contribution in [0.2, 0.25) is 0 Å². The zero-order valence-corrected chi connectivity index (χ0v) is 10.7. The molecule has 0 heterocycles. The molecule has 0 fully saturated rings. The molecular formula is C14H18O3. The van der Waals surface area contributed by atoms with Crippen molar-refractivity contribution in [2.45, 2.75) is 26.2 Å². The van der Waals surface area contributed by atoms with Gasteiger partial charge in [-0.2, -0.15) is 0 Å². The van der Waals surface area contributed by atoms with Gasteiger partial charge in [0.05, 0.1) is 7.11 Å². The van der Waals surface area contributed by atoms with Crippen LogP contribution in [0.25, 0.3) is 0 Å². The van der Waals surface area contributed by atoms with E-state index in [4.69, 9.17) is 9.47 Å². The minimum absolute atomic E-state index is 0.0814. The highest BCUT2D eigenvalue weighted by molar-refractivity contribution is 5.84. The van der Waals surface area contributed by atoms with Crippen molar-refractivity contribution >= 4 is 5.97 Å². The smallest absolute Gasteiger partial charge is 0.335 e. The summed E-state index contributed by atoms with van der Waals surface area (Å²) >= 11 is 0. The summed E-state index contributed by atoms with van der Waals surface area (Å²) < 4.78 is 10.5. The topological polar surface area (TPSA) is 35.5 Å². The number of methoxy groups -OCH3 is 1. The quantitative estimate of drug-likeness (QED) is 0.458. The van der Waals surface area contributed by atoms with E-state index in [9.17, 15) is 4.79 Å². The van der Waals surface area contributed by atoms with Crippen molar-refractivity contribution in [3.05, 3.63) is 36.4 Å². The predicted molar refractivity (Wildman–Crippen MR) is 67.5 cm³/mol. The summed E-state index contributed by atoms with van der Waals surface area (Å²) in [5.74, 6) is 0.523. The number of rotatable bonds is 3. The molecule has 0 saturated carbocycles. The average Bonchev–Trinajstić information content (AvgIpc) is 2.27. The molecule has 1 rings (SSSR count). The van der Waals surface area contributed by atoms with Crippen LogP contribution in [0.5, 0.6) is 11.5 Å². The summed E-state index contributed by atoms with van der Waals surface area (Å²) in [6, 6.07) is 5.51. The van der Waals surface area contributed by atoms with E-state index in [1.54, 1.807) is 13.2 Å². The lowest BCUT2D eigenvalue weighted by Crippen LogP contribution is -2.14. The molecule has 92 valence electrons. The molecule has 3 nitrogen and oxygen atoms in total. The second-order valence-electron chi connectivity index (χ2n) is 4.71. The van der Waals surface area contributed by atoms with Crippen molar-refractivity contribution in [3.63, 3.8) is 0 Å².